The van der Waals surface area contributed by atoms with Crippen molar-refractivity contribution in [2.75, 3.05) is 7.11 Å². The maximum absolute atomic E-state index is 12.4. The van der Waals surface area contributed by atoms with E-state index in [1.807, 2.05) is 0 Å². The molecule has 8 heteroatoms. The number of rotatable bonds is 7. The van der Waals surface area contributed by atoms with Gasteiger partial charge in [0.2, 0.25) is 0 Å². The van der Waals surface area contributed by atoms with E-state index in [0.29, 0.717) is 17.1 Å². The highest BCUT2D eigenvalue weighted by atomic mass is 16.5. The van der Waals surface area contributed by atoms with Crippen LogP contribution in [0.4, 0.5) is 0 Å². The van der Waals surface area contributed by atoms with Crippen LogP contribution in [-0.4, -0.2) is 45.1 Å². The Morgan fingerprint density at radius 2 is 2.04 bits per heavy atom. The number of benzene rings is 1. The molecule has 1 unspecified atom stereocenters. The second kappa shape index (κ2) is 8.09. The van der Waals surface area contributed by atoms with Gasteiger partial charge in [-0.05, 0) is 44.5 Å². The van der Waals surface area contributed by atoms with E-state index in [0.717, 1.165) is 0 Å². The van der Waals surface area contributed by atoms with Crippen molar-refractivity contribution in [1.29, 1.82) is 0 Å². The van der Waals surface area contributed by atoms with E-state index >= 15 is 0 Å². The number of methoxy groups -OCH3 is 1. The van der Waals surface area contributed by atoms with Crippen LogP contribution in [0.2, 0.25) is 0 Å². The van der Waals surface area contributed by atoms with Gasteiger partial charge in [-0.25, -0.2) is 9.48 Å². The number of carboxylic acids is 1. The first-order valence-corrected chi connectivity index (χ1v) is 7.69. The number of hydrogen-bond donors (Lipinski definition) is 2. The first kappa shape index (κ1) is 18.2. The van der Waals surface area contributed by atoms with Gasteiger partial charge in [-0.2, -0.15) is 0 Å². The van der Waals surface area contributed by atoms with Crippen molar-refractivity contribution >= 4 is 11.9 Å². The zero-order valence-corrected chi connectivity index (χ0v) is 14.3. The fourth-order valence-electron chi connectivity index (χ4n) is 2.23. The number of nitrogens with zero attached hydrogens (tertiary/aromatic N) is 3. The number of aliphatic carboxylic acids is 1. The standard InChI is InChI=1S/C17H20N4O4/c1-4-5-6-14(17(23)24)18-16(22)15-11(2)21(20-19-15)12-7-9-13(25-3)10-8-12/h4-5,7-10,14H,6H2,1-3H3,(H,18,22)(H,23,24)/b5-4+. The number of allylic oxidation sites excluding steroid dienone is 1. The maximum atomic E-state index is 12.4. The summed E-state index contributed by atoms with van der Waals surface area (Å²) in [6, 6.07) is 6.10. The van der Waals surface area contributed by atoms with E-state index < -0.39 is 17.9 Å². The van der Waals surface area contributed by atoms with Crippen molar-refractivity contribution in [2.24, 2.45) is 0 Å². The molecule has 0 fully saturated rings. The van der Waals surface area contributed by atoms with Gasteiger partial charge in [0.1, 0.15) is 11.8 Å². The van der Waals surface area contributed by atoms with Crippen LogP contribution in [0.3, 0.4) is 0 Å². The topological polar surface area (TPSA) is 106 Å². The Kier molecular flexibility index (Phi) is 5.89. The van der Waals surface area contributed by atoms with Gasteiger partial charge >= 0.3 is 5.97 Å². The lowest BCUT2D eigenvalue weighted by Crippen LogP contribution is -2.40. The van der Waals surface area contributed by atoms with Crippen LogP contribution in [-0.2, 0) is 4.79 Å². The number of carbonyl (C=O) groups is 2. The molecule has 1 aromatic heterocycles. The summed E-state index contributed by atoms with van der Waals surface area (Å²) in [6.07, 6.45) is 3.61. The lowest BCUT2D eigenvalue weighted by atomic mass is 10.2. The average Bonchev–Trinajstić information content (AvgIpc) is 2.99. The third kappa shape index (κ3) is 4.23. The summed E-state index contributed by atoms with van der Waals surface area (Å²) < 4.78 is 6.62. The van der Waals surface area contributed by atoms with Crippen LogP contribution in [0.25, 0.3) is 5.69 Å². The minimum atomic E-state index is -1.10. The van der Waals surface area contributed by atoms with Crippen LogP contribution >= 0.6 is 0 Å². The van der Waals surface area contributed by atoms with E-state index in [1.165, 1.54) is 4.68 Å². The predicted molar refractivity (Wildman–Crippen MR) is 91.0 cm³/mol. The molecule has 2 aromatic rings. The predicted octanol–water partition coefficient (Wildman–Crippen LogP) is 1.73. The van der Waals surface area contributed by atoms with Gasteiger partial charge < -0.3 is 15.2 Å². The molecule has 0 aliphatic rings. The number of carbonyl (C=O) groups excluding carboxylic acids is 1. The Morgan fingerprint density at radius 3 is 2.60 bits per heavy atom. The highest BCUT2D eigenvalue weighted by Crippen LogP contribution is 2.16. The van der Waals surface area contributed by atoms with Gasteiger partial charge in [-0.1, -0.05) is 17.4 Å². The molecule has 1 aromatic carbocycles. The van der Waals surface area contributed by atoms with Crippen molar-refractivity contribution in [1.82, 2.24) is 20.3 Å². The molecule has 0 aliphatic heterocycles. The molecule has 1 amide bonds. The number of aromatic nitrogens is 3. The van der Waals surface area contributed by atoms with Crippen molar-refractivity contribution < 1.29 is 19.4 Å². The van der Waals surface area contributed by atoms with Crippen molar-refractivity contribution in [3.8, 4) is 11.4 Å². The van der Waals surface area contributed by atoms with E-state index in [2.05, 4.69) is 15.6 Å². The summed E-state index contributed by atoms with van der Waals surface area (Å²) in [6.45, 7) is 3.48. The Balaban J connectivity index is 2.21. The Labute approximate surface area is 145 Å². The maximum Gasteiger partial charge on any atom is 0.326 e. The van der Waals surface area contributed by atoms with Gasteiger partial charge in [0, 0.05) is 0 Å². The quantitative estimate of drug-likeness (QED) is 0.741. The third-order valence-corrected chi connectivity index (χ3v) is 3.64. The highest BCUT2D eigenvalue weighted by molar-refractivity contribution is 5.95. The molecule has 2 rings (SSSR count). The van der Waals surface area contributed by atoms with Crippen LogP contribution in [0.1, 0.15) is 29.5 Å². The van der Waals surface area contributed by atoms with Gasteiger partial charge in [-0.15, -0.1) is 5.10 Å². The largest absolute Gasteiger partial charge is 0.497 e. The molecule has 0 radical (unpaired) electrons. The Morgan fingerprint density at radius 1 is 1.36 bits per heavy atom. The Hall–Kier alpha value is -3.16. The molecule has 2 N–H and O–H groups in total. The van der Waals surface area contributed by atoms with Crippen LogP contribution in [0.15, 0.2) is 36.4 Å². The minimum absolute atomic E-state index is 0.0857. The van der Waals surface area contributed by atoms with Gasteiger partial charge in [0.05, 0.1) is 18.5 Å². The number of amides is 1. The summed E-state index contributed by atoms with van der Waals surface area (Å²) in [7, 11) is 1.57. The first-order valence-electron chi connectivity index (χ1n) is 7.69. The molecule has 25 heavy (non-hydrogen) atoms. The fraction of sp³-hybridized carbons (Fsp3) is 0.294. The summed E-state index contributed by atoms with van der Waals surface area (Å²) in [4.78, 5) is 23.6. The highest BCUT2D eigenvalue weighted by Gasteiger charge is 2.23. The molecule has 0 saturated carbocycles. The van der Waals surface area contributed by atoms with Crippen LogP contribution in [0.5, 0.6) is 5.75 Å². The van der Waals surface area contributed by atoms with Crippen molar-refractivity contribution in [2.45, 2.75) is 26.3 Å². The summed E-state index contributed by atoms with van der Waals surface area (Å²) in [5.74, 6) is -0.978. The Bertz CT molecular complexity index is 780. The van der Waals surface area contributed by atoms with Crippen LogP contribution in [0, 0.1) is 6.92 Å². The molecule has 1 heterocycles. The fourth-order valence-corrected chi connectivity index (χ4v) is 2.23. The lowest BCUT2D eigenvalue weighted by Gasteiger charge is -2.11. The molecule has 0 aliphatic carbocycles. The third-order valence-electron chi connectivity index (χ3n) is 3.64. The first-order chi connectivity index (χ1) is 12.0. The van der Waals surface area contributed by atoms with Gasteiger partial charge in [-0.3, -0.25) is 4.79 Å². The van der Waals surface area contributed by atoms with E-state index in [4.69, 9.17) is 4.74 Å². The SMILES string of the molecule is C/C=C/CC(NC(=O)c1nnn(-c2ccc(OC)cc2)c1C)C(=O)O. The molecule has 0 bridgehead atoms. The second-order valence-corrected chi connectivity index (χ2v) is 5.30. The zero-order chi connectivity index (χ0) is 18.4. The van der Waals surface area contributed by atoms with Crippen molar-refractivity contribution in [3.63, 3.8) is 0 Å². The molecular formula is C17H20N4O4. The summed E-state index contributed by atoms with van der Waals surface area (Å²) in [5, 5.41) is 19.5. The minimum Gasteiger partial charge on any atom is -0.497 e. The number of nitrogens with one attached hydrogen (secondary N) is 1. The van der Waals surface area contributed by atoms with Crippen LogP contribution < -0.4 is 10.1 Å². The number of carboxylic acid groups (broad SMARTS) is 1. The van der Waals surface area contributed by atoms with Crippen molar-refractivity contribution in [3.05, 3.63) is 47.8 Å². The molecule has 8 nitrogen and oxygen atoms in total. The molecular weight excluding hydrogens is 324 g/mol. The van der Waals surface area contributed by atoms with E-state index in [1.54, 1.807) is 57.4 Å². The zero-order valence-electron chi connectivity index (χ0n) is 14.3. The van der Waals surface area contributed by atoms with Gasteiger partial charge in [0.15, 0.2) is 5.69 Å². The average molecular weight is 344 g/mol. The molecule has 132 valence electrons. The number of hydrogen-bond acceptors (Lipinski definition) is 5. The number of ether oxygens (including phenoxy) is 1. The molecule has 0 saturated heterocycles. The van der Waals surface area contributed by atoms with E-state index in [-0.39, 0.29) is 12.1 Å². The summed E-state index contributed by atoms with van der Waals surface area (Å²) in [5.41, 5.74) is 1.31. The van der Waals surface area contributed by atoms with Gasteiger partial charge in [0.25, 0.3) is 5.91 Å². The smallest absolute Gasteiger partial charge is 0.326 e. The lowest BCUT2D eigenvalue weighted by molar-refractivity contribution is -0.139. The molecule has 1 atom stereocenters. The molecule has 0 spiro atoms. The second-order valence-electron chi connectivity index (χ2n) is 5.30. The summed E-state index contributed by atoms with van der Waals surface area (Å²) >= 11 is 0. The van der Waals surface area contributed by atoms with E-state index in [9.17, 15) is 14.7 Å². The monoisotopic (exact) mass is 344 g/mol. The normalized spacial score (nSPS) is 12.1.